The van der Waals surface area contributed by atoms with Crippen LogP contribution in [-0.4, -0.2) is 18.5 Å². The van der Waals surface area contributed by atoms with Crippen LogP contribution in [0, 0.1) is 0 Å². The molecule has 6 heteroatoms. The van der Waals surface area contributed by atoms with Crippen LogP contribution in [0.15, 0.2) is 12.0 Å². The first kappa shape index (κ1) is 10.9. The molecule has 0 fully saturated rings. The molecule has 0 N–H and O–H groups in total. The smallest absolute Gasteiger partial charge is 0.407 e. The minimum Gasteiger partial charge on any atom is -0.498 e. The Labute approximate surface area is 80.0 Å². The molecule has 0 aliphatic carbocycles. The van der Waals surface area contributed by atoms with E-state index in [1.807, 2.05) is 0 Å². The van der Waals surface area contributed by atoms with Gasteiger partial charge in [-0.1, -0.05) is 6.58 Å². The highest BCUT2D eigenvalue weighted by atomic mass is 35.8. The van der Waals surface area contributed by atoms with Crippen LogP contribution in [0.5, 0.6) is 0 Å². The summed E-state index contributed by atoms with van der Waals surface area (Å²) in [4.78, 5) is 0. The lowest BCUT2D eigenvalue weighted by atomic mass is 10.8. The molecule has 10 heavy (non-hydrogen) atoms. The second kappa shape index (κ2) is 4.73. The normalized spacial score (nSPS) is 11.2. The van der Waals surface area contributed by atoms with Gasteiger partial charge in [0.2, 0.25) is 0 Å². The van der Waals surface area contributed by atoms with Crippen LogP contribution in [0.1, 0.15) is 0 Å². The molecule has 0 aromatic carbocycles. The maximum Gasteiger partial charge on any atom is 0.407 e. The number of hydrogen-bond donors (Lipinski definition) is 0. The number of halogens is 4. The maximum absolute atomic E-state index is 5.52. The van der Waals surface area contributed by atoms with Gasteiger partial charge in [-0.3, -0.25) is 0 Å². The Morgan fingerprint density at radius 1 is 1.40 bits per heavy atom. The Bertz CT molecular complexity index is 121. The summed E-state index contributed by atoms with van der Waals surface area (Å²) < 4.78 is 4.90. The molecule has 0 unspecified atom stereocenters. The third kappa shape index (κ3) is 4.69. The lowest BCUT2D eigenvalue weighted by molar-refractivity contribution is 0.257. The zero-order valence-corrected chi connectivity index (χ0v) is 9.07. The van der Waals surface area contributed by atoms with E-state index >= 15 is 0 Å². The van der Waals surface area contributed by atoms with Crippen LogP contribution in [-0.2, 0) is 4.74 Å². The summed E-state index contributed by atoms with van der Waals surface area (Å²) in [5.74, 6) is 0.369. The van der Waals surface area contributed by atoms with Crippen LogP contribution in [0.25, 0.3) is 0 Å². The highest BCUT2D eigenvalue weighted by Gasteiger charge is 2.31. The molecule has 0 rings (SSSR count). The average molecular weight is 240 g/mol. The van der Waals surface area contributed by atoms with Crippen molar-refractivity contribution >= 4 is 50.8 Å². The largest absolute Gasteiger partial charge is 0.498 e. The standard InChI is InChI=1S/C4H6Cl4OSi/c1-4(9-3-2-5)10(6,7)8/h1-3H2. The lowest BCUT2D eigenvalue weighted by Crippen LogP contribution is -2.16. The summed E-state index contributed by atoms with van der Waals surface area (Å²) in [6, 6.07) is -2.86. The molecule has 0 atom stereocenters. The molecule has 0 saturated heterocycles. The van der Waals surface area contributed by atoms with Crippen molar-refractivity contribution in [1.82, 2.24) is 0 Å². The van der Waals surface area contributed by atoms with Gasteiger partial charge < -0.3 is 4.74 Å². The predicted molar refractivity (Wildman–Crippen MR) is 49.1 cm³/mol. The molecule has 0 spiro atoms. The molecule has 0 aliphatic rings. The van der Waals surface area contributed by atoms with E-state index in [0.717, 1.165) is 0 Å². The molecule has 0 aromatic rings. The van der Waals surface area contributed by atoms with E-state index < -0.39 is 6.00 Å². The quantitative estimate of drug-likeness (QED) is 0.317. The fourth-order valence-corrected chi connectivity index (χ4v) is 1.08. The van der Waals surface area contributed by atoms with Crippen LogP contribution in [0.2, 0.25) is 0 Å². The van der Waals surface area contributed by atoms with E-state index in [1.54, 1.807) is 0 Å². The van der Waals surface area contributed by atoms with E-state index in [1.165, 1.54) is 0 Å². The molecule has 0 heterocycles. The summed E-state index contributed by atoms with van der Waals surface area (Å²) in [7, 11) is 0. The van der Waals surface area contributed by atoms with Gasteiger partial charge in [-0.25, -0.2) is 0 Å². The van der Waals surface area contributed by atoms with E-state index in [4.69, 9.17) is 49.6 Å². The van der Waals surface area contributed by atoms with Gasteiger partial charge in [-0.2, -0.15) is 0 Å². The Morgan fingerprint density at radius 2 is 1.90 bits per heavy atom. The van der Waals surface area contributed by atoms with Gasteiger partial charge in [0.05, 0.1) is 5.88 Å². The van der Waals surface area contributed by atoms with E-state index in [2.05, 4.69) is 6.58 Å². The van der Waals surface area contributed by atoms with Crippen molar-refractivity contribution in [2.45, 2.75) is 0 Å². The average Bonchev–Trinajstić information content (AvgIpc) is 1.80. The topological polar surface area (TPSA) is 9.23 Å². The summed E-state index contributed by atoms with van der Waals surface area (Å²) in [5, 5.41) is 0.234. The van der Waals surface area contributed by atoms with Crippen molar-refractivity contribution in [2.75, 3.05) is 12.5 Å². The monoisotopic (exact) mass is 238 g/mol. The van der Waals surface area contributed by atoms with Gasteiger partial charge in [0.25, 0.3) is 0 Å². The number of hydrogen-bond acceptors (Lipinski definition) is 1. The molecule has 0 saturated carbocycles. The maximum atomic E-state index is 5.52. The van der Waals surface area contributed by atoms with Crippen molar-refractivity contribution in [3.8, 4) is 0 Å². The van der Waals surface area contributed by atoms with Gasteiger partial charge in [0, 0.05) is 0 Å². The summed E-state index contributed by atoms with van der Waals surface area (Å²) in [5.41, 5.74) is 0. The van der Waals surface area contributed by atoms with E-state index in [-0.39, 0.29) is 5.38 Å². The zero-order valence-electron chi connectivity index (χ0n) is 5.04. The Balaban J connectivity index is 3.64. The van der Waals surface area contributed by atoms with Gasteiger partial charge in [-0.05, 0) is 0 Å². The van der Waals surface area contributed by atoms with Crippen molar-refractivity contribution in [2.24, 2.45) is 0 Å². The van der Waals surface area contributed by atoms with Gasteiger partial charge in [-0.15, -0.1) is 44.8 Å². The third-order valence-corrected chi connectivity index (χ3v) is 3.50. The third-order valence-electron chi connectivity index (χ3n) is 0.670. The highest BCUT2D eigenvalue weighted by molar-refractivity contribution is 7.67. The van der Waals surface area contributed by atoms with Crippen LogP contribution >= 0.6 is 44.8 Å². The fourth-order valence-electron chi connectivity index (χ4n) is 0.244. The van der Waals surface area contributed by atoms with Crippen molar-refractivity contribution in [3.05, 3.63) is 12.0 Å². The Hall–Kier alpha value is 0.917. The lowest BCUT2D eigenvalue weighted by Gasteiger charge is -2.11. The minimum absolute atomic E-state index is 0.234. The van der Waals surface area contributed by atoms with Crippen LogP contribution < -0.4 is 0 Å². The van der Waals surface area contributed by atoms with Gasteiger partial charge in [0.1, 0.15) is 12.0 Å². The number of rotatable bonds is 4. The molecule has 60 valence electrons. The fraction of sp³-hybridized carbons (Fsp3) is 0.500. The SMILES string of the molecule is C=C(OCCCl)[Si](Cl)(Cl)Cl. The number of ether oxygens (including phenoxy) is 1. The molecule has 1 nitrogen and oxygen atoms in total. The Kier molecular flexibility index (Phi) is 5.16. The first-order chi connectivity index (χ1) is 4.48. The zero-order chi connectivity index (χ0) is 8.20. The predicted octanol–water partition coefficient (Wildman–Crippen LogP) is 2.95. The van der Waals surface area contributed by atoms with Crippen molar-refractivity contribution in [3.63, 3.8) is 0 Å². The summed E-state index contributed by atoms with van der Waals surface area (Å²) in [6.45, 7) is 3.78. The van der Waals surface area contributed by atoms with Crippen molar-refractivity contribution in [1.29, 1.82) is 0 Å². The first-order valence-corrected chi connectivity index (χ1v) is 8.00. The molecule has 0 amide bonds. The first-order valence-electron chi connectivity index (χ1n) is 2.43. The molecule has 0 radical (unpaired) electrons. The van der Waals surface area contributed by atoms with E-state index in [0.29, 0.717) is 12.5 Å². The van der Waals surface area contributed by atoms with Gasteiger partial charge >= 0.3 is 6.00 Å². The minimum atomic E-state index is -2.86. The second-order valence-electron chi connectivity index (χ2n) is 1.46. The molecule has 0 aliphatic heterocycles. The molecule has 0 bridgehead atoms. The summed E-state index contributed by atoms with van der Waals surface area (Å²) >= 11 is 21.9. The van der Waals surface area contributed by atoms with Crippen LogP contribution in [0.3, 0.4) is 0 Å². The highest BCUT2D eigenvalue weighted by Crippen LogP contribution is 2.27. The molecular formula is C4H6Cl4OSi. The van der Waals surface area contributed by atoms with Gasteiger partial charge in [0.15, 0.2) is 0 Å². The molecular weight excluding hydrogens is 234 g/mol. The second-order valence-corrected chi connectivity index (χ2v) is 10.2. The number of alkyl halides is 1. The summed E-state index contributed by atoms with van der Waals surface area (Å²) in [6.07, 6.45) is 0. The molecule has 0 aromatic heterocycles. The Morgan fingerprint density at radius 3 is 2.20 bits per heavy atom. The van der Waals surface area contributed by atoms with Crippen molar-refractivity contribution < 1.29 is 4.74 Å². The van der Waals surface area contributed by atoms with Crippen LogP contribution in [0.4, 0.5) is 0 Å². The van der Waals surface area contributed by atoms with E-state index in [9.17, 15) is 0 Å².